The second kappa shape index (κ2) is 7.06. The summed E-state index contributed by atoms with van der Waals surface area (Å²) in [6.45, 7) is 4.33. The monoisotopic (exact) mass is 270 g/mol. The smallest absolute Gasteiger partial charge is 0.115 e. The molecule has 0 amide bonds. The van der Waals surface area contributed by atoms with Gasteiger partial charge in [0.05, 0.1) is 5.69 Å². The molecule has 20 heavy (non-hydrogen) atoms. The molecular formula is C17H22N2O. The predicted molar refractivity (Wildman–Crippen MR) is 81.7 cm³/mol. The number of hydrogen-bond donors (Lipinski definition) is 2. The van der Waals surface area contributed by atoms with Gasteiger partial charge in [-0.05, 0) is 56.5 Å². The van der Waals surface area contributed by atoms with Crippen molar-refractivity contribution in [1.82, 2.24) is 10.3 Å². The Morgan fingerprint density at radius 2 is 1.85 bits per heavy atom. The first-order valence-electron chi connectivity index (χ1n) is 7.10. The van der Waals surface area contributed by atoms with Gasteiger partial charge in [-0.3, -0.25) is 4.98 Å². The summed E-state index contributed by atoms with van der Waals surface area (Å²) in [7, 11) is 0. The lowest BCUT2D eigenvalue weighted by molar-refractivity contribution is 0.450. The van der Waals surface area contributed by atoms with Crippen molar-refractivity contribution in [1.29, 1.82) is 0 Å². The fourth-order valence-electron chi connectivity index (χ4n) is 2.27. The van der Waals surface area contributed by atoms with E-state index in [0.717, 1.165) is 18.5 Å². The molecule has 2 rings (SSSR count). The Labute approximate surface area is 120 Å². The number of pyridine rings is 1. The molecule has 3 heteroatoms. The summed E-state index contributed by atoms with van der Waals surface area (Å²) >= 11 is 0. The number of aromatic hydroxyl groups is 1. The van der Waals surface area contributed by atoms with Crippen molar-refractivity contribution in [3.05, 3.63) is 59.9 Å². The topological polar surface area (TPSA) is 45.1 Å². The van der Waals surface area contributed by atoms with Gasteiger partial charge < -0.3 is 10.4 Å². The Kier molecular flexibility index (Phi) is 5.13. The van der Waals surface area contributed by atoms with Gasteiger partial charge in [-0.2, -0.15) is 0 Å². The normalized spacial score (nSPS) is 13.9. The van der Waals surface area contributed by atoms with Gasteiger partial charge in [-0.25, -0.2) is 0 Å². The molecule has 0 bridgehead atoms. The van der Waals surface area contributed by atoms with E-state index in [2.05, 4.69) is 24.1 Å². The molecule has 0 saturated carbocycles. The molecule has 2 atom stereocenters. The Hall–Kier alpha value is -1.87. The maximum Gasteiger partial charge on any atom is 0.115 e. The van der Waals surface area contributed by atoms with Crippen LogP contribution in [0.2, 0.25) is 0 Å². The van der Waals surface area contributed by atoms with Crippen molar-refractivity contribution >= 4 is 0 Å². The summed E-state index contributed by atoms with van der Waals surface area (Å²) in [6, 6.07) is 14.1. The molecule has 1 aromatic heterocycles. The quantitative estimate of drug-likeness (QED) is 0.845. The average molecular weight is 270 g/mol. The molecule has 0 aliphatic carbocycles. The molecule has 3 nitrogen and oxygen atoms in total. The van der Waals surface area contributed by atoms with Gasteiger partial charge >= 0.3 is 0 Å². The van der Waals surface area contributed by atoms with Crippen LogP contribution in [0.25, 0.3) is 0 Å². The molecule has 0 radical (unpaired) electrons. The molecule has 106 valence electrons. The van der Waals surface area contributed by atoms with E-state index in [1.165, 1.54) is 5.56 Å². The zero-order valence-electron chi connectivity index (χ0n) is 12.1. The SMILES string of the molecule is CC(CCc1ccc(O)cc1)N[C@H](C)c1ccccn1. The lowest BCUT2D eigenvalue weighted by Crippen LogP contribution is -2.29. The third-order valence-electron chi connectivity index (χ3n) is 3.47. The van der Waals surface area contributed by atoms with Gasteiger partial charge in [0, 0.05) is 18.3 Å². The summed E-state index contributed by atoms with van der Waals surface area (Å²) in [5.74, 6) is 0.323. The zero-order chi connectivity index (χ0) is 14.4. The van der Waals surface area contributed by atoms with Gasteiger partial charge in [0.2, 0.25) is 0 Å². The van der Waals surface area contributed by atoms with Gasteiger partial charge in [0.25, 0.3) is 0 Å². The minimum absolute atomic E-state index is 0.256. The average Bonchev–Trinajstić information content (AvgIpc) is 2.47. The van der Waals surface area contributed by atoms with Crippen molar-refractivity contribution in [3.8, 4) is 5.75 Å². The summed E-state index contributed by atoms with van der Waals surface area (Å²) in [6.07, 6.45) is 3.89. The van der Waals surface area contributed by atoms with E-state index in [4.69, 9.17) is 0 Å². The fraction of sp³-hybridized carbons (Fsp3) is 0.353. The first kappa shape index (κ1) is 14.5. The minimum Gasteiger partial charge on any atom is -0.508 e. The lowest BCUT2D eigenvalue weighted by Gasteiger charge is -2.19. The number of benzene rings is 1. The van der Waals surface area contributed by atoms with Crippen LogP contribution in [0.4, 0.5) is 0 Å². The van der Waals surface area contributed by atoms with Crippen molar-refractivity contribution in [3.63, 3.8) is 0 Å². The predicted octanol–water partition coefficient (Wildman–Crippen LogP) is 3.46. The van der Waals surface area contributed by atoms with E-state index < -0.39 is 0 Å². The minimum atomic E-state index is 0.256. The number of nitrogens with one attached hydrogen (secondary N) is 1. The highest BCUT2D eigenvalue weighted by Gasteiger charge is 2.10. The highest BCUT2D eigenvalue weighted by Crippen LogP contribution is 2.14. The molecule has 1 aromatic carbocycles. The van der Waals surface area contributed by atoms with Crippen molar-refractivity contribution < 1.29 is 5.11 Å². The molecule has 2 aromatic rings. The number of hydrogen-bond acceptors (Lipinski definition) is 3. The highest BCUT2D eigenvalue weighted by atomic mass is 16.3. The highest BCUT2D eigenvalue weighted by molar-refractivity contribution is 5.25. The summed E-state index contributed by atoms with van der Waals surface area (Å²) in [5.41, 5.74) is 2.32. The van der Waals surface area contributed by atoms with Crippen LogP contribution in [0.5, 0.6) is 5.75 Å². The van der Waals surface area contributed by atoms with E-state index in [0.29, 0.717) is 11.8 Å². The lowest BCUT2D eigenvalue weighted by atomic mass is 10.0. The van der Waals surface area contributed by atoms with E-state index in [-0.39, 0.29) is 6.04 Å². The number of rotatable bonds is 6. The number of phenols is 1. The Morgan fingerprint density at radius 3 is 2.50 bits per heavy atom. The Morgan fingerprint density at radius 1 is 1.10 bits per heavy atom. The van der Waals surface area contributed by atoms with Crippen LogP contribution in [-0.2, 0) is 6.42 Å². The van der Waals surface area contributed by atoms with Gasteiger partial charge in [0.15, 0.2) is 0 Å². The fourth-order valence-corrected chi connectivity index (χ4v) is 2.27. The molecule has 1 unspecified atom stereocenters. The van der Waals surface area contributed by atoms with Gasteiger partial charge in [0.1, 0.15) is 5.75 Å². The van der Waals surface area contributed by atoms with Crippen LogP contribution in [0.15, 0.2) is 48.7 Å². The number of aryl methyl sites for hydroxylation is 1. The van der Waals surface area contributed by atoms with Crippen molar-refractivity contribution in [2.75, 3.05) is 0 Å². The third kappa shape index (κ3) is 4.35. The number of aromatic nitrogens is 1. The van der Waals surface area contributed by atoms with E-state index >= 15 is 0 Å². The zero-order valence-corrected chi connectivity index (χ0v) is 12.1. The van der Waals surface area contributed by atoms with E-state index in [1.54, 1.807) is 12.1 Å². The Balaban J connectivity index is 1.80. The molecule has 0 aliphatic rings. The third-order valence-corrected chi connectivity index (χ3v) is 3.47. The van der Waals surface area contributed by atoms with Crippen LogP contribution in [0.1, 0.15) is 37.6 Å². The molecule has 0 saturated heterocycles. The van der Waals surface area contributed by atoms with Gasteiger partial charge in [-0.1, -0.05) is 18.2 Å². The number of phenolic OH excluding ortho intramolecular Hbond substituents is 1. The molecule has 0 aliphatic heterocycles. The second-order valence-corrected chi connectivity index (χ2v) is 5.25. The van der Waals surface area contributed by atoms with E-state index in [1.807, 2.05) is 36.5 Å². The van der Waals surface area contributed by atoms with Crippen molar-refractivity contribution in [2.24, 2.45) is 0 Å². The standard InChI is InChI=1S/C17H22N2O/c1-13(6-7-15-8-10-16(20)11-9-15)19-14(2)17-5-3-4-12-18-17/h3-5,8-14,19-20H,6-7H2,1-2H3/t13?,14-/m1/s1. The van der Waals surface area contributed by atoms with Crippen LogP contribution in [0.3, 0.4) is 0 Å². The van der Waals surface area contributed by atoms with E-state index in [9.17, 15) is 5.11 Å². The van der Waals surface area contributed by atoms with Crippen LogP contribution in [0, 0.1) is 0 Å². The van der Waals surface area contributed by atoms with Gasteiger partial charge in [-0.15, -0.1) is 0 Å². The first-order valence-corrected chi connectivity index (χ1v) is 7.10. The summed E-state index contributed by atoms with van der Waals surface area (Å²) in [4.78, 5) is 4.37. The van der Waals surface area contributed by atoms with Crippen LogP contribution in [-0.4, -0.2) is 16.1 Å². The molecule has 1 heterocycles. The molecular weight excluding hydrogens is 248 g/mol. The molecule has 2 N–H and O–H groups in total. The van der Waals surface area contributed by atoms with Crippen LogP contribution < -0.4 is 5.32 Å². The maximum atomic E-state index is 9.26. The van der Waals surface area contributed by atoms with Crippen molar-refractivity contribution in [2.45, 2.75) is 38.8 Å². The first-order chi connectivity index (χ1) is 9.65. The Bertz CT molecular complexity index is 510. The summed E-state index contributed by atoms with van der Waals surface area (Å²) in [5, 5.41) is 12.8. The number of nitrogens with zero attached hydrogens (tertiary/aromatic N) is 1. The largest absolute Gasteiger partial charge is 0.508 e. The maximum absolute atomic E-state index is 9.26. The van der Waals surface area contributed by atoms with Crippen LogP contribution >= 0.6 is 0 Å². The molecule has 0 fully saturated rings. The summed E-state index contributed by atoms with van der Waals surface area (Å²) < 4.78 is 0. The molecule has 0 spiro atoms. The second-order valence-electron chi connectivity index (χ2n) is 5.25.